The maximum atomic E-state index is 9.04. The molecule has 5 nitrogen and oxygen atoms in total. The van der Waals surface area contributed by atoms with Crippen LogP contribution in [0.5, 0.6) is 0 Å². The summed E-state index contributed by atoms with van der Waals surface area (Å²) in [5.74, 6) is 0. The molecule has 19 heavy (non-hydrogen) atoms. The van der Waals surface area contributed by atoms with Crippen molar-refractivity contribution in [1.29, 1.82) is 5.26 Å². The van der Waals surface area contributed by atoms with Crippen LogP contribution in [0.1, 0.15) is 28.2 Å². The van der Waals surface area contributed by atoms with E-state index >= 15 is 0 Å². The van der Waals surface area contributed by atoms with E-state index in [9.17, 15) is 0 Å². The van der Waals surface area contributed by atoms with Crippen LogP contribution >= 0.6 is 0 Å². The molecule has 5 heteroatoms. The van der Waals surface area contributed by atoms with E-state index in [1.807, 2.05) is 37.7 Å². The lowest BCUT2D eigenvalue weighted by atomic mass is 10.2. The molecule has 0 spiro atoms. The third-order valence-corrected chi connectivity index (χ3v) is 3.57. The van der Waals surface area contributed by atoms with Crippen LogP contribution in [0, 0.1) is 25.2 Å². The molecule has 2 heterocycles. The second kappa shape index (κ2) is 5.29. The van der Waals surface area contributed by atoms with Gasteiger partial charge in [-0.15, -0.1) is 0 Å². The Balaban J connectivity index is 2.09. The molecule has 0 fully saturated rings. The highest BCUT2D eigenvalue weighted by Gasteiger charge is 2.11. The van der Waals surface area contributed by atoms with Gasteiger partial charge in [-0.05, 0) is 32.5 Å². The summed E-state index contributed by atoms with van der Waals surface area (Å²) in [4.78, 5) is 2.22. The standard InChI is InChI=1S/C14H19N5/c1-10-13(7-16-17-10)9-18(3)8-12-5-14(6-15)19(4)11(12)2/h5,7H,8-9H2,1-4H3,(H,16,17). The molecule has 0 aromatic carbocycles. The van der Waals surface area contributed by atoms with Crippen molar-refractivity contribution in [3.05, 3.63) is 40.5 Å². The molecule has 0 bridgehead atoms. The minimum atomic E-state index is 0.709. The summed E-state index contributed by atoms with van der Waals surface area (Å²) in [6.07, 6.45) is 1.87. The molecule has 0 saturated carbocycles. The molecule has 2 aromatic heterocycles. The van der Waals surface area contributed by atoms with Crippen LogP contribution in [0.2, 0.25) is 0 Å². The van der Waals surface area contributed by atoms with Crippen molar-refractivity contribution in [2.75, 3.05) is 7.05 Å². The Morgan fingerprint density at radius 3 is 2.58 bits per heavy atom. The van der Waals surface area contributed by atoms with Crippen LogP contribution in [0.4, 0.5) is 0 Å². The zero-order valence-electron chi connectivity index (χ0n) is 11.9. The van der Waals surface area contributed by atoms with Crippen molar-refractivity contribution in [1.82, 2.24) is 19.7 Å². The number of nitrogens with zero attached hydrogens (tertiary/aromatic N) is 4. The van der Waals surface area contributed by atoms with Gasteiger partial charge in [-0.3, -0.25) is 10.00 Å². The first-order valence-corrected chi connectivity index (χ1v) is 6.25. The Hall–Kier alpha value is -2.06. The number of hydrogen-bond donors (Lipinski definition) is 1. The molecule has 0 saturated heterocycles. The highest BCUT2D eigenvalue weighted by atomic mass is 15.1. The van der Waals surface area contributed by atoms with Crippen molar-refractivity contribution in [3.63, 3.8) is 0 Å². The molecule has 2 rings (SSSR count). The van der Waals surface area contributed by atoms with Crippen molar-refractivity contribution >= 4 is 0 Å². The van der Waals surface area contributed by atoms with E-state index in [0.717, 1.165) is 24.5 Å². The number of rotatable bonds is 4. The number of aromatic amines is 1. The quantitative estimate of drug-likeness (QED) is 0.909. The minimum absolute atomic E-state index is 0.709. The number of H-pyrrole nitrogens is 1. The predicted octanol–water partition coefficient (Wildman–Crippen LogP) is 1.87. The molecule has 0 atom stereocenters. The first-order valence-electron chi connectivity index (χ1n) is 6.25. The topological polar surface area (TPSA) is 60.6 Å². The summed E-state index contributed by atoms with van der Waals surface area (Å²) in [5.41, 5.74) is 5.36. The normalized spacial score (nSPS) is 10.9. The van der Waals surface area contributed by atoms with Gasteiger partial charge in [-0.2, -0.15) is 10.4 Å². The fraction of sp³-hybridized carbons (Fsp3) is 0.429. The van der Waals surface area contributed by atoms with Gasteiger partial charge < -0.3 is 4.57 Å². The third kappa shape index (κ3) is 2.69. The average Bonchev–Trinajstić information content (AvgIpc) is 2.88. The van der Waals surface area contributed by atoms with Gasteiger partial charge in [0.2, 0.25) is 0 Å². The van der Waals surface area contributed by atoms with Crippen LogP contribution in [0.3, 0.4) is 0 Å². The molecule has 1 N–H and O–H groups in total. The van der Waals surface area contributed by atoms with Crippen molar-refractivity contribution < 1.29 is 0 Å². The molecular weight excluding hydrogens is 238 g/mol. The van der Waals surface area contributed by atoms with Gasteiger partial charge in [0.1, 0.15) is 11.8 Å². The largest absolute Gasteiger partial charge is 0.340 e. The molecule has 0 aliphatic carbocycles. The summed E-state index contributed by atoms with van der Waals surface area (Å²) in [6, 6.07) is 4.18. The van der Waals surface area contributed by atoms with Gasteiger partial charge in [0.05, 0.1) is 6.20 Å². The van der Waals surface area contributed by atoms with E-state index in [1.54, 1.807) is 0 Å². The summed E-state index contributed by atoms with van der Waals surface area (Å²) in [5, 5.41) is 16.0. The van der Waals surface area contributed by atoms with Crippen LogP contribution in [0.25, 0.3) is 0 Å². The zero-order valence-corrected chi connectivity index (χ0v) is 11.9. The van der Waals surface area contributed by atoms with Gasteiger partial charge in [0.15, 0.2) is 0 Å². The third-order valence-electron chi connectivity index (χ3n) is 3.57. The van der Waals surface area contributed by atoms with E-state index in [1.165, 1.54) is 11.1 Å². The van der Waals surface area contributed by atoms with Gasteiger partial charge in [-0.25, -0.2) is 0 Å². The first-order chi connectivity index (χ1) is 9.02. The molecular formula is C14H19N5. The number of nitriles is 1. The van der Waals surface area contributed by atoms with Crippen LogP contribution in [-0.2, 0) is 20.1 Å². The van der Waals surface area contributed by atoms with Crippen LogP contribution in [0.15, 0.2) is 12.3 Å². The molecule has 0 aliphatic rings. The smallest absolute Gasteiger partial charge is 0.120 e. The fourth-order valence-electron chi connectivity index (χ4n) is 2.20. The first kappa shape index (κ1) is 13.4. The van der Waals surface area contributed by atoms with E-state index in [4.69, 9.17) is 5.26 Å². The van der Waals surface area contributed by atoms with Gasteiger partial charge in [0.25, 0.3) is 0 Å². The van der Waals surface area contributed by atoms with Crippen molar-refractivity contribution in [2.24, 2.45) is 7.05 Å². The van der Waals surface area contributed by atoms with E-state index in [-0.39, 0.29) is 0 Å². The van der Waals surface area contributed by atoms with Gasteiger partial charge >= 0.3 is 0 Å². The Morgan fingerprint density at radius 2 is 2.05 bits per heavy atom. The van der Waals surface area contributed by atoms with Crippen molar-refractivity contribution in [2.45, 2.75) is 26.9 Å². The monoisotopic (exact) mass is 257 g/mol. The van der Waals surface area contributed by atoms with Gasteiger partial charge in [-0.1, -0.05) is 0 Å². The van der Waals surface area contributed by atoms with Crippen LogP contribution in [-0.4, -0.2) is 26.7 Å². The number of aryl methyl sites for hydroxylation is 1. The summed E-state index contributed by atoms with van der Waals surface area (Å²) >= 11 is 0. The highest BCUT2D eigenvalue weighted by molar-refractivity contribution is 5.34. The maximum absolute atomic E-state index is 9.04. The molecule has 0 unspecified atom stereocenters. The molecule has 0 aliphatic heterocycles. The average molecular weight is 257 g/mol. The van der Waals surface area contributed by atoms with E-state index < -0.39 is 0 Å². The molecule has 0 radical (unpaired) electrons. The van der Waals surface area contributed by atoms with Crippen molar-refractivity contribution in [3.8, 4) is 6.07 Å². The molecule has 100 valence electrons. The van der Waals surface area contributed by atoms with E-state index in [2.05, 4.69) is 28.2 Å². The highest BCUT2D eigenvalue weighted by Crippen LogP contribution is 2.16. The zero-order chi connectivity index (χ0) is 14.0. The molecule has 0 amide bonds. The lowest BCUT2D eigenvalue weighted by Gasteiger charge is -2.16. The Kier molecular flexibility index (Phi) is 3.72. The SMILES string of the molecule is Cc1[nH]ncc1CN(C)Cc1cc(C#N)n(C)c1C. The van der Waals surface area contributed by atoms with E-state index in [0.29, 0.717) is 5.69 Å². The Bertz CT molecular complexity index is 614. The lowest BCUT2D eigenvalue weighted by molar-refractivity contribution is 0.317. The lowest BCUT2D eigenvalue weighted by Crippen LogP contribution is -2.17. The van der Waals surface area contributed by atoms with Crippen LogP contribution < -0.4 is 0 Å². The summed E-state index contributed by atoms with van der Waals surface area (Å²) < 4.78 is 1.94. The maximum Gasteiger partial charge on any atom is 0.120 e. The predicted molar refractivity (Wildman–Crippen MR) is 73.4 cm³/mol. The number of hydrogen-bond acceptors (Lipinski definition) is 3. The number of nitrogens with one attached hydrogen (secondary N) is 1. The Morgan fingerprint density at radius 1 is 1.37 bits per heavy atom. The second-order valence-electron chi connectivity index (χ2n) is 5.00. The second-order valence-corrected chi connectivity index (χ2v) is 5.00. The summed E-state index contributed by atoms with van der Waals surface area (Å²) in [6.45, 7) is 5.75. The number of aromatic nitrogens is 3. The Labute approximate surface area is 113 Å². The van der Waals surface area contributed by atoms with Gasteiger partial charge in [0, 0.05) is 37.1 Å². The fourth-order valence-corrected chi connectivity index (χ4v) is 2.20. The molecule has 2 aromatic rings. The minimum Gasteiger partial charge on any atom is -0.340 e. The summed E-state index contributed by atoms with van der Waals surface area (Å²) in [7, 11) is 4.00.